The molecule has 0 aliphatic carbocycles. The predicted molar refractivity (Wildman–Crippen MR) is 56.3 cm³/mol. The highest BCUT2D eigenvalue weighted by molar-refractivity contribution is 5.91. The summed E-state index contributed by atoms with van der Waals surface area (Å²) in [7, 11) is 0. The van der Waals surface area contributed by atoms with E-state index in [2.05, 4.69) is 16.9 Å². The number of oxazole rings is 1. The zero-order valence-corrected chi connectivity index (χ0v) is 8.69. The standard InChI is InChI=1S/C10H15N3O2/c1-3-5-12-9(14)8-6-15-10(13-8)7(11)4-2/h3,6-7H,1,4-5,11H2,2H3,(H,12,14). The lowest BCUT2D eigenvalue weighted by molar-refractivity contribution is 0.0953. The predicted octanol–water partition coefficient (Wildman–Crippen LogP) is 1.00. The van der Waals surface area contributed by atoms with Crippen LogP contribution in [0, 0.1) is 0 Å². The molecule has 0 saturated heterocycles. The molecule has 3 N–H and O–H groups in total. The molecule has 1 amide bonds. The van der Waals surface area contributed by atoms with Crippen LogP contribution in [0.15, 0.2) is 23.3 Å². The Morgan fingerprint density at radius 3 is 3.20 bits per heavy atom. The summed E-state index contributed by atoms with van der Waals surface area (Å²) in [6.07, 6.45) is 3.62. The third kappa shape index (κ3) is 2.92. The number of hydrogen-bond acceptors (Lipinski definition) is 4. The number of nitrogens with zero attached hydrogens (tertiary/aromatic N) is 1. The normalized spacial score (nSPS) is 12.1. The average molecular weight is 209 g/mol. The number of nitrogens with one attached hydrogen (secondary N) is 1. The molecule has 0 aromatic carbocycles. The second kappa shape index (κ2) is 5.31. The first kappa shape index (κ1) is 11.5. The van der Waals surface area contributed by atoms with Gasteiger partial charge in [-0.05, 0) is 6.42 Å². The molecule has 0 aliphatic heterocycles. The number of hydrogen-bond donors (Lipinski definition) is 2. The summed E-state index contributed by atoms with van der Waals surface area (Å²) in [6.45, 7) is 5.82. The molecule has 5 heteroatoms. The van der Waals surface area contributed by atoms with Crippen molar-refractivity contribution in [2.75, 3.05) is 6.54 Å². The highest BCUT2D eigenvalue weighted by Crippen LogP contribution is 2.12. The molecular formula is C10H15N3O2. The van der Waals surface area contributed by atoms with Gasteiger partial charge in [-0.2, -0.15) is 0 Å². The van der Waals surface area contributed by atoms with Crippen LogP contribution in [0.2, 0.25) is 0 Å². The van der Waals surface area contributed by atoms with Gasteiger partial charge in [-0.25, -0.2) is 4.98 Å². The average Bonchev–Trinajstić information content (AvgIpc) is 2.74. The number of rotatable bonds is 5. The van der Waals surface area contributed by atoms with E-state index in [1.54, 1.807) is 6.08 Å². The lowest BCUT2D eigenvalue weighted by Gasteiger charge is -2.00. The number of aromatic nitrogens is 1. The topological polar surface area (TPSA) is 81.2 Å². The van der Waals surface area contributed by atoms with Gasteiger partial charge in [0, 0.05) is 6.54 Å². The van der Waals surface area contributed by atoms with Crippen LogP contribution in [-0.2, 0) is 0 Å². The Balaban J connectivity index is 2.66. The molecule has 0 radical (unpaired) electrons. The fraction of sp³-hybridized carbons (Fsp3) is 0.400. The summed E-state index contributed by atoms with van der Waals surface area (Å²) in [4.78, 5) is 15.4. The van der Waals surface area contributed by atoms with Crippen molar-refractivity contribution >= 4 is 5.91 Å². The van der Waals surface area contributed by atoms with E-state index in [0.29, 0.717) is 18.9 Å². The van der Waals surface area contributed by atoms with Crippen molar-refractivity contribution in [2.45, 2.75) is 19.4 Å². The van der Waals surface area contributed by atoms with Crippen LogP contribution < -0.4 is 11.1 Å². The highest BCUT2D eigenvalue weighted by atomic mass is 16.3. The van der Waals surface area contributed by atoms with Crippen molar-refractivity contribution < 1.29 is 9.21 Å². The van der Waals surface area contributed by atoms with E-state index in [1.807, 2.05) is 6.92 Å². The molecule has 1 rings (SSSR count). The Hall–Kier alpha value is -1.62. The summed E-state index contributed by atoms with van der Waals surface area (Å²) in [5.74, 6) is 0.106. The summed E-state index contributed by atoms with van der Waals surface area (Å²) in [5.41, 5.74) is 5.95. The third-order valence-electron chi connectivity index (χ3n) is 1.92. The van der Waals surface area contributed by atoms with Gasteiger partial charge in [-0.3, -0.25) is 4.79 Å². The van der Waals surface area contributed by atoms with Gasteiger partial charge in [0.05, 0.1) is 6.04 Å². The van der Waals surface area contributed by atoms with Crippen LogP contribution >= 0.6 is 0 Å². The molecule has 1 aromatic rings. The number of amides is 1. The van der Waals surface area contributed by atoms with Gasteiger partial charge < -0.3 is 15.5 Å². The lowest BCUT2D eigenvalue weighted by Crippen LogP contribution is -2.23. The Morgan fingerprint density at radius 2 is 2.60 bits per heavy atom. The van der Waals surface area contributed by atoms with Crippen molar-refractivity contribution in [2.24, 2.45) is 5.73 Å². The first-order valence-corrected chi connectivity index (χ1v) is 4.79. The van der Waals surface area contributed by atoms with Crippen molar-refractivity contribution in [3.8, 4) is 0 Å². The van der Waals surface area contributed by atoms with Crippen LogP contribution in [-0.4, -0.2) is 17.4 Å². The number of nitrogens with two attached hydrogens (primary N) is 1. The van der Waals surface area contributed by atoms with Crippen LogP contribution in [0.3, 0.4) is 0 Å². The van der Waals surface area contributed by atoms with Gasteiger partial charge in [0.2, 0.25) is 5.89 Å². The Bertz CT molecular complexity index is 346. The van der Waals surface area contributed by atoms with Crippen LogP contribution in [0.1, 0.15) is 35.8 Å². The molecule has 0 aliphatic rings. The molecule has 15 heavy (non-hydrogen) atoms. The zero-order valence-electron chi connectivity index (χ0n) is 8.69. The van der Waals surface area contributed by atoms with Crippen molar-refractivity contribution in [1.82, 2.24) is 10.3 Å². The minimum Gasteiger partial charge on any atom is -0.446 e. The molecule has 1 unspecified atom stereocenters. The molecular weight excluding hydrogens is 194 g/mol. The Morgan fingerprint density at radius 1 is 1.87 bits per heavy atom. The molecule has 1 atom stereocenters. The van der Waals surface area contributed by atoms with Crippen molar-refractivity contribution in [1.29, 1.82) is 0 Å². The van der Waals surface area contributed by atoms with E-state index in [0.717, 1.165) is 0 Å². The van der Waals surface area contributed by atoms with E-state index >= 15 is 0 Å². The highest BCUT2D eigenvalue weighted by Gasteiger charge is 2.14. The van der Waals surface area contributed by atoms with Crippen LogP contribution in [0.5, 0.6) is 0 Å². The van der Waals surface area contributed by atoms with Gasteiger partial charge in [0.25, 0.3) is 5.91 Å². The quantitative estimate of drug-likeness (QED) is 0.709. The molecule has 0 spiro atoms. The summed E-state index contributed by atoms with van der Waals surface area (Å²) >= 11 is 0. The zero-order chi connectivity index (χ0) is 11.3. The summed E-state index contributed by atoms with van der Waals surface area (Å²) < 4.78 is 5.10. The minimum absolute atomic E-state index is 0.246. The maximum atomic E-state index is 11.4. The maximum Gasteiger partial charge on any atom is 0.273 e. The summed E-state index contributed by atoms with van der Waals surface area (Å²) in [5, 5.41) is 2.60. The number of carbonyl (C=O) groups is 1. The second-order valence-corrected chi connectivity index (χ2v) is 3.08. The van der Waals surface area contributed by atoms with Crippen LogP contribution in [0.4, 0.5) is 0 Å². The van der Waals surface area contributed by atoms with Gasteiger partial charge in [0.1, 0.15) is 6.26 Å². The molecule has 0 saturated carbocycles. The molecule has 0 bridgehead atoms. The van der Waals surface area contributed by atoms with E-state index in [4.69, 9.17) is 10.2 Å². The monoisotopic (exact) mass is 209 g/mol. The molecule has 82 valence electrons. The first-order chi connectivity index (χ1) is 7.19. The minimum atomic E-state index is -0.284. The molecule has 5 nitrogen and oxygen atoms in total. The van der Waals surface area contributed by atoms with Crippen molar-refractivity contribution in [3.63, 3.8) is 0 Å². The SMILES string of the molecule is C=CCNC(=O)c1coc(C(N)CC)n1. The molecule has 1 aromatic heterocycles. The van der Waals surface area contributed by atoms with Gasteiger partial charge >= 0.3 is 0 Å². The third-order valence-corrected chi connectivity index (χ3v) is 1.92. The fourth-order valence-corrected chi connectivity index (χ4v) is 0.992. The first-order valence-electron chi connectivity index (χ1n) is 4.79. The van der Waals surface area contributed by atoms with Crippen LogP contribution in [0.25, 0.3) is 0 Å². The van der Waals surface area contributed by atoms with Crippen molar-refractivity contribution in [3.05, 3.63) is 30.5 Å². The Kier molecular flexibility index (Phi) is 4.05. The summed E-state index contributed by atoms with van der Waals surface area (Å²) in [6, 6.07) is -0.258. The van der Waals surface area contributed by atoms with E-state index in [-0.39, 0.29) is 17.6 Å². The Labute approximate surface area is 88.4 Å². The second-order valence-electron chi connectivity index (χ2n) is 3.08. The smallest absolute Gasteiger partial charge is 0.273 e. The van der Waals surface area contributed by atoms with Gasteiger partial charge in [-0.1, -0.05) is 13.0 Å². The largest absolute Gasteiger partial charge is 0.446 e. The van der Waals surface area contributed by atoms with E-state index in [1.165, 1.54) is 6.26 Å². The van der Waals surface area contributed by atoms with E-state index in [9.17, 15) is 4.79 Å². The lowest BCUT2D eigenvalue weighted by atomic mass is 10.2. The molecule has 0 fully saturated rings. The fourth-order valence-electron chi connectivity index (χ4n) is 0.992. The number of carbonyl (C=O) groups excluding carboxylic acids is 1. The molecule has 1 heterocycles. The van der Waals surface area contributed by atoms with Gasteiger partial charge in [-0.15, -0.1) is 6.58 Å². The maximum absolute atomic E-state index is 11.4. The van der Waals surface area contributed by atoms with E-state index < -0.39 is 0 Å². The van der Waals surface area contributed by atoms with Gasteiger partial charge in [0.15, 0.2) is 5.69 Å².